The molecular weight excluding hydrogens is 325 g/mol. The molecule has 2 heterocycles. The molecule has 0 spiro atoms. The number of halogens is 1. The van der Waals surface area contributed by atoms with E-state index >= 15 is 0 Å². The van der Waals surface area contributed by atoms with E-state index in [0.29, 0.717) is 18.0 Å². The zero-order valence-electron chi connectivity index (χ0n) is 14.3. The van der Waals surface area contributed by atoms with Gasteiger partial charge in [0, 0.05) is 6.54 Å². The van der Waals surface area contributed by atoms with Gasteiger partial charge in [0.05, 0.1) is 6.42 Å². The molecule has 3 rings (SSSR count). The van der Waals surface area contributed by atoms with Crippen LogP contribution in [0.15, 0.2) is 28.9 Å². The number of rotatable bonds is 8. The van der Waals surface area contributed by atoms with Crippen molar-refractivity contribution in [2.24, 2.45) is 0 Å². The molecule has 0 aliphatic heterocycles. The molecule has 25 heavy (non-hydrogen) atoms. The first-order valence-corrected chi connectivity index (χ1v) is 8.24. The lowest BCUT2D eigenvalue weighted by Gasteiger charge is -2.03. The zero-order chi connectivity index (χ0) is 17.6. The average molecular weight is 345 g/mol. The molecule has 0 fully saturated rings. The van der Waals surface area contributed by atoms with Crippen LogP contribution in [0.25, 0.3) is 0 Å². The molecule has 1 aromatic carbocycles. The quantitative estimate of drug-likeness (QED) is 0.624. The van der Waals surface area contributed by atoms with E-state index in [1.165, 1.54) is 12.1 Å². The van der Waals surface area contributed by atoms with Crippen LogP contribution in [0.4, 0.5) is 4.39 Å². The van der Waals surface area contributed by atoms with Crippen LogP contribution < -0.4 is 4.74 Å². The van der Waals surface area contributed by atoms with Gasteiger partial charge < -0.3 is 4.74 Å². The molecular formula is C17H20FN5O2. The van der Waals surface area contributed by atoms with Crippen LogP contribution in [0, 0.1) is 12.7 Å². The summed E-state index contributed by atoms with van der Waals surface area (Å²) in [7, 11) is 0. The van der Waals surface area contributed by atoms with Gasteiger partial charge in [0.2, 0.25) is 0 Å². The van der Waals surface area contributed by atoms with Crippen molar-refractivity contribution in [3.8, 4) is 5.75 Å². The third-order valence-corrected chi connectivity index (χ3v) is 3.77. The Labute approximate surface area is 144 Å². The standard InChI is InChI=1S/C17H20FN5O2/c1-3-4-9-23-17(10-15-12(2)21-25-22-15)19-16(20-23)11-24-14-7-5-13(18)6-8-14/h5-8H,3-4,9-11H2,1-2H3. The second-order valence-electron chi connectivity index (χ2n) is 5.74. The fourth-order valence-corrected chi connectivity index (χ4v) is 2.34. The summed E-state index contributed by atoms with van der Waals surface area (Å²) in [5.41, 5.74) is 1.49. The maximum absolute atomic E-state index is 12.9. The number of benzene rings is 1. The monoisotopic (exact) mass is 345 g/mol. The van der Waals surface area contributed by atoms with E-state index in [2.05, 4.69) is 27.3 Å². The number of unbranched alkanes of at least 4 members (excludes halogenated alkanes) is 1. The summed E-state index contributed by atoms with van der Waals surface area (Å²) in [6.07, 6.45) is 2.57. The molecule has 8 heteroatoms. The largest absolute Gasteiger partial charge is 0.486 e. The molecule has 0 N–H and O–H groups in total. The second kappa shape index (κ2) is 7.87. The molecule has 0 aliphatic carbocycles. The molecule has 0 bridgehead atoms. The highest BCUT2D eigenvalue weighted by Gasteiger charge is 2.15. The van der Waals surface area contributed by atoms with Crippen LogP contribution in [0.3, 0.4) is 0 Å². The van der Waals surface area contributed by atoms with Gasteiger partial charge in [-0.25, -0.2) is 18.7 Å². The maximum Gasteiger partial charge on any atom is 0.188 e. The Morgan fingerprint density at radius 2 is 2.00 bits per heavy atom. The normalized spacial score (nSPS) is 11.0. The minimum absolute atomic E-state index is 0.216. The van der Waals surface area contributed by atoms with Crippen molar-refractivity contribution in [1.29, 1.82) is 0 Å². The number of hydrogen-bond donors (Lipinski definition) is 0. The molecule has 0 aliphatic rings. The topological polar surface area (TPSA) is 78.9 Å². The SMILES string of the molecule is CCCCn1nc(COc2ccc(F)cc2)nc1Cc1nonc1C. The van der Waals surface area contributed by atoms with Gasteiger partial charge in [-0.1, -0.05) is 23.7 Å². The lowest BCUT2D eigenvalue weighted by Crippen LogP contribution is -2.07. The van der Waals surface area contributed by atoms with Gasteiger partial charge in [-0.15, -0.1) is 0 Å². The highest BCUT2D eigenvalue weighted by atomic mass is 19.1. The van der Waals surface area contributed by atoms with E-state index in [0.717, 1.165) is 36.6 Å². The molecule has 132 valence electrons. The summed E-state index contributed by atoms with van der Waals surface area (Å²) in [6, 6.07) is 5.87. The van der Waals surface area contributed by atoms with E-state index < -0.39 is 0 Å². The van der Waals surface area contributed by atoms with Crippen LogP contribution in [-0.4, -0.2) is 25.1 Å². The van der Waals surface area contributed by atoms with E-state index in [1.807, 2.05) is 11.6 Å². The lowest BCUT2D eigenvalue weighted by atomic mass is 10.2. The van der Waals surface area contributed by atoms with Gasteiger partial charge in [-0.3, -0.25) is 0 Å². The predicted octanol–water partition coefficient (Wildman–Crippen LogP) is 3.08. The lowest BCUT2D eigenvalue weighted by molar-refractivity contribution is 0.294. The van der Waals surface area contributed by atoms with Crippen LogP contribution in [-0.2, 0) is 19.6 Å². The number of nitrogens with zero attached hydrogens (tertiary/aromatic N) is 5. The van der Waals surface area contributed by atoms with Crippen molar-refractivity contribution < 1.29 is 13.8 Å². The first kappa shape index (κ1) is 17.1. The number of aromatic nitrogens is 5. The Bertz CT molecular complexity index is 813. The summed E-state index contributed by atoms with van der Waals surface area (Å²) in [4.78, 5) is 4.56. The number of ether oxygens (including phenoxy) is 1. The highest BCUT2D eigenvalue weighted by molar-refractivity contribution is 5.22. The molecule has 0 atom stereocenters. The van der Waals surface area contributed by atoms with E-state index in [1.54, 1.807) is 12.1 Å². The fraction of sp³-hybridized carbons (Fsp3) is 0.412. The second-order valence-corrected chi connectivity index (χ2v) is 5.74. The zero-order valence-corrected chi connectivity index (χ0v) is 14.3. The predicted molar refractivity (Wildman–Crippen MR) is 87.5 cm³/mol. The van der Waals surface area contributed by atoms with E-state index in [9.17, 15) is 4.39 Å². The Morgan fingerprint density at radius 1 is 1.20 bits per heavy atom. The molecule has 0 amide bonds. The Morgan fingerprint density at radius 3 is 2.68 bits per heavy atom. The van der Waals surface area contributed by atoms with Crippen molar-refractivity contribution in [3.63, 3.8) is 0 Å². The third kappa shape index (κ3) is 4.40. The minimum Gasteiger partial charge on any atom is -0.486 e. The van der Waals surface area contributed by atoms with Crippen molar-refractivity contribution >= 4 is 0 Å². The van der Waals surface area contributed by atoms with Crippen LogP contribution in [0.2, 0.25) is 0 Å². The highest BCUT2D eigenvalue weighted by Crippen LogP contribution is 2.14. The minimum atomic E-state index is -0.298. The Balaban J connectivity index is 1.72. The van der Waals surface area contributed by atoms with Crippen LogP contribution in [0.5, 0.6) is 5.75 Å². The van der Waals surface area contributed by atoms with Gasteiger partial charge in [-0.2, -0.15) is 5.10 Å². The van der Waals surface area contributed by atoms with Crippen LogP contribution in [0.1, 0.15) is 42.8 Å². The summed E-state index contributed by atoms with van der Waals surface area (Å²) in [6.45, 7) is 4.96. The van der Waals surface area contributed by atoms with Crippen molar-refractivity contribution in [1.82, 2.24) is 25.1 Å². The van der Waals surface area contributed by atoms with Gasteiger partial charge in [0.25, 0.3) is 0 Å². The number of aryl methyl sites for hydroxylation is 2. The molecule has 2 aromatic heterocycles. The number of hydrogen-bond acceptors (Lipinski definition) is 6. The van der Waals surface area contributed by atoms with E-state index in [-0.39, 0.29) is 12.4 Å². The fourth-order valence-electron chi connectivity index (χ4n) is 2.34. The summed E-state index contributed by atoms with van der Waals surface area (Å²) in [5, 5.41) is 12.2. The first-order valence-electron chi connectivity index (χ1n) is 8.24. The first-order chi connectivity index (χ1) is 12.2. The van der Waals surface area contributed by atoms with Crippen LogP contribution >= 0.6 is 0 Å². The average Bonchev–Trinajstić information content (AvgIpc) is 3.19. The van der Waals surface area contributed by atoms with Crippen molar-refractivity contribution in [2.45, 2.75) is 46.3 Å². The molecule has 0 saturated heterocycles. The smallest absolute Gasteiger partial charge is 0.188 e. The summed E-state index contributed by atoms with van der Waals surface area (Å²) in [5.74, 6) is 1.65. The Hall–Kier alpha value is -2.77. The summed E-state index contributed by atoms with van der Waals surface area (Å²) >= 11 is 0. The molecule has 3 aromatic rings. The van der Waals surface area contributed by atoms with Crippen molar-refractivity contribution in [2.75, 3.05) is 0 Å². The summed E-state index contributed by atoms with van der Waals surface area (Å²) < 4.78 is 25.2. The van der Waals surface area contributed by atoms with Gasteiger partial charge in [-0.05, 0) is 37.6 Å². The molecule has 0 unspecified atom stereocenters. The van der Waals surface area contributed by atoms with E-state index in [4.69, 9.17) is 9.37 Å². The van der Waals surface area contributed by atoms with Crippen molar-refractivity contribution in [3.05, 3.63) is 53.1 Å². The molecule has 7 nitrogen and oxygen atoms in total. The molecule has 0 radical (unpaired) electrons. The van der Waals surface area contributed by atoms with Gasteiger partial charge >= 0.3 is 0 Å². The maximum atomic E-state index is 12.9. The molecule has 0 saturated carbocycles. The third-order valence-electron chi connectivity index (χ3n) is 3.77. The van der Waals surface area contributed by atoms with Gasteiger partial charge in [0.1, 0.15) is 35.4 Å². The van der Waals surface area contributed by atoms with Gasteiger partial charge in [0.15, 0.2) is 5.82 Å². The Kier molecular flexibility index (Phi) is 5.37.